The van der Waals surface area contributed by atoms with Crippen molar-refractivity contribution in [1.29, 1.82) is 0 Å². The van der Waals surface area contributed by atoms with Gasteiger partial charge in [0.1, 0.15) is 0 Å². The summed E-state index contributed by atoms with van der Waals surface area (Å²) in [5.74, 6) is 0.690. The minimum absolute atomic E-state index is 0.114. The number of carbonyl (C=O) groups is 1. The molecule has 0 aliphatic carbocycles. The normalized spacial score (nSPS) is 21.9. The van der Waals surface area contributed by atoms with Gasteiger partial charge in [0.25, 0.3) is 0 Å². The van der Waals surface area contributed by atoms with Crippen molar-refractivity contribution in [2.45, 2.75) is 25.3 Å². The number of likely N-dealkylation sites (tertiary alicyclic amines) is 1. The van der Waals surface area contributed by atoms with Crippen LogP contribution in [0.4, 0.5) is 16.2 Å². The second-order valence-electron chi connectivity index (χ2n) is 7.31. The summed E-state index contributed by atoms with van der Waals surface area (Å²) in [6.45, 7) is 5.06. The monoisotopic (exact) mass is 346 g/mol. The van der Waals surface area contributed by atoms with E-state index in [0.29, 0.717) is 5.92 Å². The minimum Gasteiger partial charge on any atom is -0.381 e. The second-order valence-corrected chi connectivity index (χ2v) is 7.31. The number of hydrogen-bond donors (Lipinski definition) is 2. The first kappa shape index (κ1) is 18.0. The Morgan fingerprint density at radius 3 is 2.68 bits per heavy atom. The van der Waals surface area contributed by atoms with Gasteiger partial charge in [-0.2, -0.15) is 0 Å². The van der Waals surface area contributed by atoms with Gasteiger partial charge in [-0.25, -0.2) is 4.79 Å². The topological polar surface area (TPSA) is 56.8 Å². The highest BCUT2D eigenvalue weighted by Crippen LogP contribution is 2.23. The minimum atomic E-state index is -0.114. The highest BCUT2D eigenvalue weighted by molar-refractivity contribution is 5.93. The number of carbonyl (C=O) groups excluding carboxylic acids is 1. The predicted molar refractivity (Wildman–Crippen MR) is 101 cm³/mol. The van der Waals surface area contributed by atoms with E-state index < -0.39 is 0 Å². The van der Waals surface area contributed by atoms with Gasteiger partial charge in [-0.15, -0.1) is 0 Å². The van der Waals surface area contributed by atoms with E-state index in [1.807, 2.05) is 43.3 Å². The van der Waals surface area contributed by atoms with Crippen LogP contribution in [0, 0.1) is 5.92 Å². The first-order chi connectivity index (χ1) is 12.1. The number of ether oxygens (including phenoxy) is 1. The van der Waals surface area contributed by atoms with Gasteiger partial charge >= 0.3 is 6.03 Å². The lowest BCUT2D eigenvalue weighted by atomic mass is 10.0. The van der Waals surface area contributed by atoms with Crippen molar-refractivity contribution in [2.24, 2.45) is 5.92 Å². The lowest BCUT2D eigenvalue weighted by Gasteiger charge is -2.33. The molecule has 6 heteroatoms. The number of amides is 2. The number of para-hydroxylation sites is 2. The van der Waals surface area contributed by atoms with Crippen LogP contribution in [-0.2, 0) is 4.74 Å². The predicted octanol–water partition coefficient (Wildman–Crippen LogP) is 2.38. The van der Waals surface area contributed by atoms with Crippen molar-refractivity contribution in [3.05, 3.63) is 24.3 Å². The summed E-state index contributed by atoms with van der Waals surface area (Å²) in [5.41, 5.74) is 1.84. The molecule has 1 aromatic rings. The van der Waals surface area contributed by atoms with Gasteiger partial charge in [0.15, 0.2) is 0 Å². The maximum absolute atomic E-state index is 12.3. The zero-order chi connectivity index (χ0) is 17.6. The van der Waals surface area contributed by atoms with Gasteiger partial charge in [-0.1, -0.05) is 12.1 Å². The molecular formula is C19H30N4O2. The van der Waals surface area contributed by atoms with Crippen molar-refractivity contribution < 1.29 is 9.53 Å². The molecule has 2 N–H and O–H groups in total. The molecule has 0 spiro atoms. The molecule has 0 aromatic heterocycles. The number of nitrogens with one attached hydrogen (secondary N) is 2. The summed E-state index contributed by atoms with van der Waals surface area (Å²) >= 11 is 0. The number of urea groups is 1. The van der Waals surface area contributed by atoms with Crippen molar-refractivity contribution in [2.75, 3.05) is 57.2 Å². The van der Waals surface area contributed by atoms with E-state index in [4.69, 9.17) is 4.74 Å². The Morgan fingerprint density at radius 2 is 2.00 bits per heavy atom. The molecule has 2 heterocycles. The summed E-state index contributed by atoms with van der Waals surface area (Å²) in [6, 6.07) is 7.99. The Kier molecular flexibility index (Phi) is 6.15. The second kappa shape index (κ2) is 8.54. The Labute approximate surface area is 150 Å². The van der Waals surface area contributed by atoms with Crippen LogP contribution in [0.3, 0.4) is 0 Å². The molecule has 138 valence electrons. The van der Waals surface area contributed by atoms with Gasteiger partial charge in [-0.3, -0.25) is 0 Å². The van der Waals surface area contributed by atoms with E-state index in [-0.39, 0.29) is 12.1 Å². The SMILES string of the molecule is CN(C)c1ccccc1NC(=O)NC1CCN(C[C@@H]2CCOC2)CC1. The van der Waals surface area contributed by atoms with Gasteiger partial charge in [0.05, 0.1) is 18.0 Å². The van der Waals surface area contributed by atoms with E-state index in [0.717, 1.165) is 57.1 Å². The van der Waals surface area contributed by atoms with Crippen LogP contribution in [-0.4, -0.2) is 63.9 Å². The van der Waals surface area contributed by atoms with Gasteiger partial charge < -0.3 is 25.2 Å². The summed E-state index contributed by atoms with van der Waals surface area (Å²) in [5, 5.41) is 6.12. The number of rotatable bonds is 5. The summed E-state index contributed by atoms with van der Waals surface area (Å²) < 4.78 is 5.46. The molecule has 2 saturated heterocycles. The quantitative estimate of drug-likeness (QED) is 0.859. The van der Waals surface area contributed by atoms with Gasteiger partial charge in [-0.05, 0) is 37.3 Å². The molecule has 0 saturated carbocycles. The summed E-state index contributed by atoms with van der Waals surface area (Å²) in [7, 11) is 3.95. The molecule has 1 aromatic carbocycles. The lowest BCUT2D eigenvalue weighted by Crippen LogP contribution is -2.47. The van der Waals surface area contributed by atoms with Crippen LogP contribution in [0.25, 0.3) is 0 Å². The van der Waals surface area contributed by atoms with Crippen molar-refractivity contribution in [1.82, 2.24) is 10.2 Å². The van der Waals surface area contributed by atoms with E-state index in [1.165, 1.54) is 6.42 Å². The highest BCUT2D eigenvalue weighted by atomic mass is 16.5. The molecule has 3 rings (SSSR count). The lowest BCUT2D eigenvalue weighted by molar-refractivity contribution is 0.148. The van der Waals surface area contributed by atoms with Crippen molar-refractivity contribution in [3.63, 3.8) is 0 Å². The number of hydrogen-bond acceptors (Lipinski definition) is 4. The molecule has 0 unspecified atom stereocenters. The standard InChI is InChI=1S/C19H30N4O2/c1-22(2)18-6-4-3-5-17(18)21-19(24)20-16-7-10-23(11-8-16)13-15-9-12-25-14-15/h3-6,15-16H,7-14H2,1-2H3,(H2,20,21,24)/t15-/m0/s1. The molecule has 2 aliphatic heterocycles. The number of piperidine rings is 1. The van der Waals surface area contributed by atoms with Crippen molar-refractivity contribution in [3.8, 4) is 0 Å². The fourth-order valence-corrected chi connectivity index (χ4v) is 3.67. The third-order valence-electron chi connectivity index (χ3n) is 5.10. The highest BCUT2D eigenvalue weighted by Gasteiger charge is 2.24. The summed E-state index contributed by atoms with van der Waals surface area (Å²) in [6.07, 6.45) is 3.21. The molecular weight excluding hydrogens is 316 g/mol. The smallest absolute Gasteiger partial charge is 0.319 e. The van der Waals surface area contributed by atoms with Crippen LogP contribution < -0.4 is 15.5 Å². The average molecular weight is 346 g/mol. The number of benzene rings is 1. The van der Waals surface area contributed by atoms with E-state index in [1.54, 1.807) is 0 Å². The van der Waals surface area contributed by atoms with Crippen LogP contribution >= 0.6 is 0 Å². The molecule has 2 amide bonds. The Bertz CT molecular complexity index is 564. The number of nitrogens with zero attached hydrogens (tertiary/aromatic N) is 2. The van der Waals surface area contributed by atoms with Crippen LogP contribution in [0.1, 0.15) is 19.3 Å². The average Bonchev–Trinajstić information content (AvgIpc) is 3.10. The molecule has 6 nitrogen and oxygen atoms in total. The zero-order valence-electron chi connectivity index (χ0n) is 15.3. The molecule has 25 heavy (non-hydrogen) atoms. The third kappa shape index (κ3) is 5.09. The maximum atomic E-state index is 12.3. The first-order valence-corrected chi connectivity index (χ1v) is 9.26. The summed E-state index contributed by atoms with van der Waals surface area (Å²) in [4.78, 5) is 16.9. The van der Waals surface area contributed by atoms with E-state index in [9.17, 15) is 4.79 Å². The van der Waals surface area contributed by atoms with Gasteiger partial charge in [0, 0.05) is 46.4 Å². The molecule has 0 bridgehead atoms. The Morgan fingerprint density at radius 1 is 1.24 bits per heavy atom. The Balaban J connectivity index is 1.43. The fourth-order valence-electron chi connectivity index (χ4n) is 3.67. The molecule has 1 atom stereocenters. The van der Waals surface area contributed by atoms with E-state index >= 15 is 0 Å². The largest absolute Gasteiger partial charge is 0.381 e. The zero-order valence-corrected chi connectivity index (χ0v) is 15.3. The van der Waals surface area contributed by atoms with Gasteiger partial charge in [0.2, 0.25) is 0 Å². The van der Waals surface area contributed by atoms with Crippen molar-refractivity contribution >= 4 is 17.4 Å². The van der Waals surface area contributed by atoms with Crippen LogP contribution in [0.2, 0.25) is 0 Å². The van der Waals surface area contributed by atoms with Crippen LogP contribution in [0.5, 0.6) is 0 Å². The van der Waals surface area contributed by atoms with E-state index in [2.05, 4.69) is 15.5 Å². The molecule has 2 aliphatic rings. The fraction of sp³-hybridized carbons (Fsp3) is 0.632. The third-order valence-corrected chi connectivity index (χ3v) is 5.10. The molecule has 2 fully saturated rings. The number of anilines is 2. The first-order valence-electron chi connectivity index (χ1n) is 9.26. The Hall–Kier alpha value is -1.79. The van der Waals surface area contributed by atoms with Crippen LogP contribution in [0.15, 0.2) is 24.3 Å². The molecule has 0 radical (unpaired) electrons. The maximum Gasteiger partial charge on any atom is 0.319 e.